The van der Waals surface area contributed by atoms with Gasteiger partial charge in [0.25, 0.3) is 11.5 Å². The fraction of sp³-hybridized carbons (Fsp3) is 0.0769. The number of carbonyl (C=O) groups is 1. The maximum absolute atomic E-state index is 12.2. The van der Waals surface area contributed by atoms with Gasteiger partial charge in [0.15, 0.2) is 9.92 Å². The summed E-state index contributed by atoms with van der Waals surface area (Å²) in [5.41, 5.74) is 0.399. The maximum Gasteiger partial charge on any atom is 0.271 e. The molecule has 4 rings (SSSR count). The lowest BCUT2D eigenvalue weighted by molar-refractivity contribution is 0.0948. The first-order chi connectivity index (χ1) is 10.7. The average molecular weight is 331 g/mol. The van der Waals surface area contributed by atoms with Crippen molar-refractivity contribution in [3.63, 3.8) is 0 Å². The Hall–Kier alpha value is -2.52. The summed E-state index contributed by atoms with van der Waals surface area (Å²) >= 11 is 2.86. The summed E-state index contributed by atoms with van der Waals surface area (Å²) < 4.78 is 3.26. The highest BCUT2D eigenvalue weighted by Crippen LogP contribution is 2.11. The Bertz CT molecular complexity index is 1010. The molecule has 4 aromatic rings. The number of hydrogen-bond donors (Lipinski definition) is 1. The molecule has 0 aliphatic rings. The zero-order valence-electron chi connectivity index (χ0n) is 11.1. The maximum atomic E-state index is 12.2. The Labute approximate surface area is 131 Å². The lowest BCUT2D eigenvalue weighted by Crippen LogP contribution is -2.30. The third kappa shape index (κ3) is 2.11. The van der Waals surface area contributed by atoms with Crippen LogP contribution in [0.2, 0.25) is 0 Å². The van der Waals surface area contributed by atoms with Gasteiger partial charge in [0.2, 0.25) is 0 Å². The Kier molecular flexibility index (Phi) is 3.01. The summed E-state index contributed by atoms with van der Waals surface area (Å²) in [6.45, 7) is 0.263. The third-order valence-corrected chi connectivity index (χ3v) is 4.70. The third-order valence-electron chi connectivity index (χ3n) is 3.16. The predicted octanol–water partition coefficient (Wildman–Crippen LogP) is 1.40. The van der Waals surface area contributed by atoms with E-state index < -0.39 is 5.91 Å². The molecular weight excluding hydrogens is 322 g/mol. The van der Waals surface area contributed by atoms with Crippen LogP contribution in [0.4, 0.5) is 0 Å². The molecular formula is C13H9N5O2S2. The van der Waals surface area contributed by atoms with Crippen molar-refractivity contribution in [2.45, 2.75) is 6.54 Å². The highest BCUT2D eigenvalue weighted by Gasteiger charge is 2.14. The summed E-state index contributed by atoms with van der Waals surface area (Å²) in [7, 11) is 0. The highest BCUT2D eigenvalue weighted by molar-refractivity contribution is 7.15. The number of nitrogens with one attached hydrogen (secondary N) is 1. The van der Waals surface area contributed by atoms with Gasteiger partial charge >= 0.3 is 0 Å². The Morgan fingerprint density at radius 1 is 1.23 bits per heavy atom. The van der Waals surface area contributed by atoms with Gasteiger partial charge in [-0.3, -0.25) is 18.4 Å². The molecule has 0 aromatic carbocycles. The molecule has 1 N–H and O–H groups in total. The van der Waals surface area contributed by atoms with Crippen molar-refractivity contribution < 1.29 is 4.79 Å². The van der Waals surface area contributed by atoms with E-state index in [9.17, 15) is 9.59 Å². The van der Waals surface area contributed by atoms with E-state index in [1.54, 1.807) is 11.6 Å². The largest absolute Gasteiger partial charge is 0.346 e. The number of aromatic nitrogens is 4. The second kappa shape index (κ2) is 5.04. The van der Waals surface area contributed by atoms with Crippen LogP contribution in [0.15, 0.2) is 40.3 Å². The molecule has 1 amide bonds. The molecule has 22 heavy (non-hydrogen) atoms. The lowest BCUT2D eigenvalue weighted by atomic mass is 10.3. The first-order valence-corrected chi connectivity index (χ1v) is 8.12. The van der Waals surface area contributed by atoms with Crippen LogP contribution in [0, 0.1) is 0 Å². The number of hydrogen-bond acceptors (Lipinski definition) is 6. The van der Waals surface area contributed by atoms with Crippen LogP contribution in [-0.2, 0) is 6.54 Å². The topological polar surface area (TPSA) is 80.8 Å². The molecule has 7 nitrogen and oxygen atoms in total. The molecule has 0 unspecified atom stereocenters. The summed E-state index contributed by atoms with van der Waals surface area (Å²) in [6, 6.07) is 0. The number of carbonyl (C=O) groups excluding carboxylic acids is 1. The number of rotatable bonds is 3. The molecule has 0 radical (unpaired) electrons. The van der Waals surface area contributed by atoms with E-state index in [1.165, 1.54) is 33.3 Å². The minimum Gasteiger partial charge on any atom is -0.346 e. The molecule has 0 atom stereocenters. The fourth-order valence-corrected chi connectivity index (χ4v) is 3.50. The van der Waals surface area contributed by atoms with Crippen LogP contribution in [0.5, 0.6) is 0 Å². The number of amides is 1. The van der Waals surface area contributed by atoms with Crippen molar-refractivity contribution in [2.24, 2.45) is 0 Å². The van der Waals surface area contributed by atoms with Crippen LogP contribution < -0.4 is 10.9 Å². The standard InChI is InChI=1S/C13H9N5O2S2/c19-10(9-6-15-12-18(11(9)20)2-4-21-12)14-5-8-7-17-1-3-22-13(17)16-8/h1-4,6-7H,5H2,(H,14,19). The van der Waals surface area contributed by atoms with Crippen molar-refractivity contribution >= 4 is 38.5 Å². The normalized spacial score (nSPS) is 11.3. The van der Waals surface area contributed by atoms with Crippen LogP contribution in [-0.4, -0.2) is 24.7 Å². The van der Waals surface area contributed by atoms with E-state index >= 15 is 0 Å². The van der Waals surface area contributed by atoms with Crippen molar-refractivity contribution in [1.29, 1.82) is 0 Å². The fourth-order valence-electron chi connectivity index (χ4n) is 2.11. The van der Waals surface area contributed by atoms with E-state index in [0.29, 0.717) is 4.96 Å². The van der Waals surface area contributed by atoms with Gasteiger partial charge in [0.1, 0.15) is 5.56 Å². The van der Waals surface area contributed by atoms with Gasteiger partial charge < -0.3 is 5.32 Å². The van der Waals surface area contributed by atoms with E-state index in [1.807, 2.05) is 22.2 Å². The average Bonchev–Trinajstić information content (AvgIpc) is 3.20. The van der Waals surface area contributed by atoms with Gasteiger partial charge in [0.05, 0.1) is 12.2 Å². The van der Waals surface area contributed by atoms with E-state index in [4.69, 9.17) is 0 Å². The zero-order valence-corrected chi connectivity index (χ0v) is 12.7. The van der Waals surface area contributed by atoms with Crippen molar-refractivity contribution in [3.8, 4) is 0 Å². The second-order valence-corrected chi connectivity index (χ2v) is 6.29. The summed E-state index contributed by atoms with van der Waals surface area (Å²) in [5, 5.41) is 6.39. The minimum atomic E-state index is -0.450. The number of imidazole rings is 1. The minimum absolute atomic E-state index is 0.0249. The van der Waals surface area contributed by atoms with E-state index in [0.717, 1.165) is 10.7 Å². The first-order valence-electron chi connectivity index (χ1n) is 6.36. The van der Waals surface area contributed by atoms with Crippen LogP contribution in [0.3, 0.4) is 0 Å². The molecule has 0 spiro atoms. The Balaban J connectivity index is 1.56. The van der Waals surface area contributed by atoms with Gasteiger partial charge in [-0.2, -0.15) is 0 Å². The molecule has 0 saturated carbocycles. The van der Waals surface area contributed by atoms with E-state index in [2.05, 4.69) is 15.3 Å². The van der Waals surface area contributed by atoms with Gasteiger partial charge in [0, 0.05) is 35.5 Å². The molecule has 4 heterocycles. The first kappa shape index (κ1) is 13.2. The van der Waals surface area contributed by atoms with Crippen molar-refractivity contribution in [1.82, 2.24) is 24.1 Å². The van der Waals surface area contributed by atoms with Crippen molar-refractivity contribution in [3.05, 3.63) is 57.2 Å². The molecule has 0 aliphatic heterocycles. The van der Waals surface area contributed by atoms with Crippen LogP contribution in [0.25, 0.3) is 9.92 Å². The quantitative estimate of drug-likeness (QED) is 0.615. The summed E-state index contributed by atoms with van der Waals surface area (Å²) in [4.78, 5) is 34.3. The zero-order chi connectivity index (χ0) is 15.1. The molecule has 0 saturated heterocycles. The van der Waals surface area contributed by atoms with Gasteiger partial charge in [-0.05, 0) is 0 Å². The summed E-state index contributed by atoms with van der Waals surface area (Å²) in [6.07, 6.45) is 6.67. The highest BCUT2D eigenvalue weighted by atomic mass is 32.1. The number of thiazole rings is 2. The number of nitrogens with zero attached hydrogens (tertiary/aromatic N) is 4. The lowest BCUT2D eigenvalue weighted by Gasteiger charge is -2.02. The second-order valence-electron chi connectivity index (χ2n) is 4.54. The van der Waals surface area contributed by atoms with Crippen LogP contribution >= 0.6 is 22.7 Å². The van der Waals surface area contributed by atoms with Crippen LogP contribution in [0.1, 0.15) is 16.1 Å². The molecule has 0 aliphatic carbocycles. The molecule has 4 aromatic heterocycles. The monoisotopic (exact) mass is 331 g/mol. The molecule has 9 heteroatoms. The molecule has 110 valence electrons. The molecule has 0 bridgehead atoms. The smallest absolute Gasteiger partial charge is 0.271 e. The van der Waals surface area contributed by atoms with Gasteiger partial charge in [-0.25, -0.2) is 9.97 Å². The Morgan fingerprint density at radius 2 is 2.05 bits per heavy atom. The summed E-state index contributed by atoms with van der Waals surface area (Å²) in [5.74, 6) is -0.450. The SMILES string of the molecule is O=C(NCc1cn2ccsc2n1)c1cnc2sccn2c1=O. The predicted molar refractivity (Wildman–Crippen MR) is 83.6 cm³/mol. The van der Waals surface area contributed by atoms with Crippen molar-refractivity contribution in [2.75, 3.05) is 0 Å². The Morgan fingerprint density at radius 3 is 2.91 bits per heavy atom. The molecule has 0 fully saturated rings. The van der Waals surface area contributed by atoms with E-state index in [-0.39, 0.29) is 17.7 Å². The van der Waals surface area contributed by atoms with Gasteiger partial charge in [-0.15, -0.1) is 22.7 Å². The van der Waals surface area contributed by atoms with Gasteiger partial charge in [-0.1, -0.05) is 0 Å². The number of fused-ring (bicyclic) bond motifs is 2.